The summed E-state index contributed by atoms with van der Waals surface area (Å²) in [6.07, 6.45) is -0.173. The van der Waals surface area contributed by atoms with E-state index in [0.29, 0.717) is 58.0 Å². The lowest BCUT2D eigenvalue weighted by atomic mass is 9.98. The van der Waals surface area contributed by atoms with Gasteiger partial charge in [0.15, 0.2) is 0 Å². The van der Waals surface area contributed by atoms with Crippen molar-refractivity contribution in [2.75, 3.05) is 43.9 Å². The lowest BCUT2D eigenvalue weighted by Crippen LogP contribution is -2.47. The molecule has 2 heterocycles. The highest BCUT2D eigenvalue weighted by atomic mass is 19.1. The van der Waals surface area contributed by atoms with Crippen LogP contribution in [0.2, 0.25) is 0 Å². The lowest BCUT2D eigenvalue weighted by Gasteiger charge is -2.32. The van der Waals surface area contributed by atoms with E-state index in [1.807, 2.05) is 11.9 Å². The largest absolute Gasteiger partial charge is 0.481 e. The van der Waals surface area contributed by atoms with Crippen molar-refractivity contribution in [3.63, 3.8) is 0 Å². The monoisotopic (exact) mass is 514 g/mol. The van der Waals surface area contributed by atoms with Crippen LogP contribution in [0.1, 0.15) is 27.0 Å². The Morgan fingerprint density at radius 3 is 2.42 bits per heavy atom. The molecule has 0 atom stereocenters. The van der Waals surface area contributed by atoms with E-state index >= 15 is 0 Å². The second kappa shape index (κ2) is 10.5. The number of fused-ring (bicyclic) bond motifs is 1. The quantitative estimate of drug-likeness (QED) is 0.433. The third-order valence-electron chi connectivity index (χ3n) is 6.74. The van der Waals surface area contributed by atoms with Gasteiger partial charge in [0.2, 0.25) is 0 Å². The molecule has 2 amide bonds. The van der Waals surface area contributed by atoms with Gasteiger partial charge in [0, 0.05) is 43.0 Å². The summed E-state index contributed by atoms with van der Waals surface area (Å²) in [5, 5.41) is 15.3. The maximum absolute atomic E-state index is 13.8. The van der Waals surface area contributed by atoms with Gasteiger partial charge in [-0.25, -0.2) is 4.39 Å². The first kappa shape index (κ1) is 25.2. The minimum atomic E-state index is -0.968. The van der Waals surface area contributed by atoms with Crippen molar-refractivity contribution in [1.82, 2.24) is 9.80 Å². The molecule has 0 radical (unpaired) electrons. The molecule has 194 valence electrons. The van der Waals surface area contributed by atoms with Crippen molar-refractivity contribution in [2.45, 2.75) is 6.42 Å². The lowest BCUT2D eigenvalue weighted by molar-refractivity contribution is -0.136. The van der Waals surface area contributed by atoms with Crippen molar-refractivity contribution in [2.24, 2.45) is 0 Å². The first-order valence-electron chi connectivity index (χ1n) is 12.3. The number of aliphatic carboxylic acids is 1. The van der Waals surface area contributed by atoms with E-state index in [0.717, 1.165) is 13.1 Å². The number of piperazine rings is 1. The number of likely N-dealkylation sites (N-methyl/N-ethyl adjacent to an activating group) is 1. The second-order valence-corrected chi connectivity index (χ2v) is 9.46. The van der Waals surface area contributed by atoms with Crippen molar-refractivity contribution in [3.05, 3.63) is 94.8 Å². The summed E-state index contributed by atoms with van der Waals surface area (Å²) in [6.45, 7) is 3.01. The molecule has 3 aromatic rings. The molecule has 9 heteroatoms. The minimum absolute atomic E-state index is 0.0317. The van der Waals surface area contributed by atoms with Crippen LogP contribution >= 0.6 is 0 Å². The number of carboxylic acid groups (broad SMARTS) is 1. The van der Waals surface area contributed by atoms with Gasteiger partial charge < -0.3 is 25.5 Å². The first-order valence-corrected chi connectivity index (χ1v) is 12.3. The van der Waals surface area contributed by atoms with E-state index < -0.39 is 17.7 Å². The molecule has 1 saturated heterocycles. The van der Waals surface area contributed by atoms with Gasteiger partial charge in [0.05, 0.1) is 23.4 Å². The number of hydrogen-bond acceptors (Lipinski definition) is 5. The second-order valence-electron chi connectivity index (χ2n) is 9.46. The molecular weight excluding hydrogens is 487 g/mol. The Morgan fingerprint density at radius 2 is 1.71 bits per heavy atom. The van der Waals surface area contributed by atoms with Gasteiger partial charge in [-0.05, 0) is 66.7 Å². The molecule has 1 fully saturated rings. The zero-order valence-electron chi connectivity index (χ0n) is 20.8. The molecule has 0 bridgehead atoms. The van der Waals surface area contributed by atoms with E-state index in [1.165, 1.54) is 12.1 Å². The van der Waals surface area contributed by atoms with E-state index in [4.69, 9.17) is 0 Å². The summed E-state index contributed by atoms with van der Waals surface area (Å²) < 4.78 is 13.8. The van der Waals surface area contributed by atoms with Crippen molar-refractivity contribution >= 4 is 40.4 Å². The van der Waals surface area contributed by atoms with Crippen molar-refractivity contribution in [3.8, 4) is 0 Å². The summed E-state index contributed by atoms with van der Waals surface area (Å²) in [7, 11) is 2.03. The zero-order chi connectivity index (χ0) is 26.8. The van der Waals surface area contributed by atoms with E-state index in [-0.39, 0.29) is 12.3 Å². The van der Waals surface area contributed by atoms with Gasteiger partial charge in [-0.1, -0.05) is 18.2 Å². The van der Waals surface area contributed by atoms with Crippen LogP contribution in [-0.2, 0) is 16.0 Å². The predicted octanol–water partition coefficient (Wildman–Crippen LogP) is 3.77. The fraction of sp³-hybridized carbons (Fsp3) is 0.207. The molecule has 2 aliphatic rings. The normalized spacial score (nSPS) is 16.6. The van der Waals surface area contributed by atoms with Crippen LogP contribution in [0, 0.1) is 5.82 Å². The highest BCUT2D eigenvalue weighted by molar-refractivity contribution is 6.37. The fourth-order valence-electron chi connectivity index (χ4n) is 4.72. The first-order chi connectivity index (χ1) is 18.3. The Balaban J connectivity index is 1.50. The average Bonchev–Trinajstić information content (AvgIpc) is 3.22. The fourth-order valence-corrected chi connectivity index (χ4v) is 4.72. The predicted molar refractivity (Wildman–Crippen MR) is 143 cm³/mol. The number of carbonyl (C=O) groups excluding carboxylic acids is 2. The van der Waals surface area contributed by atoms with Crippen molar-refractivity contribution < 1.29 is 23.9 Å². The number of nitrogens with zero attached hydrogens (tertiary/aromatic N) is 2. The zero-order valence-corrected chi connectivity index (χ0v) is 20.8. The standard InChI is InChI=1S/C29H27FN4O4/c1-33-11-13-34(14-12-33)29(38)19-5-8-22(9-6-19)31-27(20-4-2-3-18(15-20)16-25(35)36)26-23-10-7-21(30)17-24(23)32-28(26)37/h2-10,15,17,31H,11-14,16H2,1H3,(H,32,37)(H,35,36)/b27-26-. The van der Waals surface area contributed by atoms with E-state index in [2.05, 4.69) is 15.5 Å². The van der Waals surface area contributed by atoms with Gasteiger partial charge in [0.1, 0.15) is 5.82 Å². The Kier molecular flexibility index (Phi) is 6.93. The van der Waals surface area contributed by atoms with Crippen LogP contribution < -0.4 is 10.6 Å². The molecule has 2 aliphatic heterocycles. The van der Waals surface area contributed by atoms with Crippen molar-refractivity contribution in [1.29, 1.82) is 0 Å². The highest BCUT2D eigenvalue weighted by Gasteiger charge is 2.29. The molecule has 0 aromatic heterocycles. The molecule has 8 nitrogen and oxygen atoms in total. The molecule has 0 saturated carbocycles. The molecule has 38 heavy (non-hydrogen) atoms. The summed E-state index contributed by atoms with van der Waals surface area (Å²) in [5.74, 6) is -1.87. The number of nitrogens with one attached hydrogen (secondary N) is 2. The number of carbonyl (C=O) groups is 3. The number of benzene rings is 3. The van der Waals surface area contributed by atoms with E-state index in [1.54, 1.807) is 54.6 Å². The molecule has 0 aliphatic carbocycles. The summed E-state index contributed by atoms with van der Waals surface area (Å²) >= 11 is 0. The van der Waals surface area contributed by atoms with Gasteiger partial charge >= 0.3 is 5.97 Å². The Hall–Kier alpha value is -4.50. The van der Waals surface area contributed by atoms with Crippen LogP contribution in [0.5, 0.6) is 0 Å². The average molecular weight is 515 g/mol. The third-order valence-corrected chi connectivity index (χ3v) is 6.74. The number of hydrogen-bond donors (Lipinski definition) is 3. The Bertz CT molecular complexity index is 1440. The smallest absolute Gasteiger partial charge is 0.307 e. The summed E-state index contributed by atoms with van der Waals surface area (Å²) in [5.41, 5.74) is 4.02. The Morgan fingerprint density at radius 1 is 0.974 bits per heavy atom. The SMILES string of the molecule is CN1CCN(C(=O)c2ccc(N/C(=C3\C(=O)Nc4cc(F)ccc43)c3cccc(CC(=O)O)c3)cc2)CC1. The maximum Gasteiger partial charge on any atom is 0.307 e. The molecule has 0 spiro atoms. The number of amides is 2. The van der Waals surface area contributed by atoms with Crippen LogP contribution in [0.25, 0.3) is 11.3 Å². The number of rotatable bonds is 6. The molecule has 3 N–H and O–H groups in total. The summed E-state index contributed by atoms with van der Waals surface area (Å²) in [4.78, 5) is 41.3. The van der Waals surface area contributed by atoms with Gasteiger partial charge in [0.25, 0.3) is 11.8 Å². The van der Waals surface area contributed by atoms with Crippen LogP contribution in [0.3, 0.4) is 0 Å². The van der Waals surface area contributed by atoms with Crippen LogP contribution in [0.15, 0.2) is 66.7 Å². The minimum Gasteiger partial charge on any atom is -0.481 e. The van der Waals surface area contributed by atoms with Gasteiger partial charge in [-0.3, -0.25) is 14.4 Å². The Labute approximate surface area is 219 Å². The number of halogens is 1. The number of carboxylic acids is 1. The van der Waals surface area contributed by atoms with E-state index in [9.17, 15) is 23.9 Å². The number of anilines is 2. The maximum atomic E-state index is 13.8. The molecule has 3 aromatic carbocycles. The molecule has 0 unspecified atom stereocenters. The topological polar surface area (TPSA) is 102 Å². The van der Waals surface area contributed by atoms with Gasteiger partial charge in [-0.15, -0.1) is 0 Å². The third kappa shape index (κ3) is 5.28. The molecular formula is C29H27FN4O4. The van der Waals surface area contributed by atoms with Crippen LogP contribution in [0.4, 0.5) is 15.8 Å². The van der Waals surface area contributed by atoms with Gasteiger partial charge in [-0.2, -0.15) is 0 Å². The highest BCUT2D eigenvalue weighted by Crippen LogP contribution is 2.38. The van der Waals surface area contributed by atoms with Crippen LogP contribution in [-0.4, -0.2) is 65.9 Å². The molecule has 5 rings (SSSR count). The summed E-state index contributed by atoms with van der Waals surface area (Å²) in [6, 6.07) is 18.0.